The molecule has 0 aromatic heterocycles. The maximum atomic E-state index is 13.3. The average molecular weight is 559 g/mol. The van der Waals surface area contributed by atoms with Gasteiger partial charge in [-0.2, -0.15) is 0 Å². The SMILES string of the molecule is COC(=O)C(C#CC1(O)C2=C(C=CCC2)c2ccccc21)(CC#CC1(O)C2=C(CCC=C2)c2ccccc21)C(=O)OC. The van der Waals surface area contributed by atoms with Crippen LogP contribution < -0.4 is 0 Å². The van der Waals surface area contributed by atoms with Gasteiger partial charge >= 0.3 is 11.9 Å². The van der Waals surface area contributed by atoms with Crippen molar-refractivity contribution in [3.05, 3.63) is 106 Å². The van der Waals surface area contributed by atoms with Crippen LogP contribution in [0.25, 0.3) is 11.1 Å². The Morgan fingerprint density at radius 2 is 1.45 bits per heavy atom. The molecule has 0 heterocycles. The fourth-order valence-electron chi connectivity index (χ4n) is 6.48. The van der Waals surface area contributed by atoms with Crippen LogP contribution in [0.15, 0.2) is 84.0 Å². The first-order valence-electron chi connectivity index (χ1n) is 14.0. The third-order valence-corrected chi connectivity index (χ3v) is 8.56. The lowest BCUT2D eigenvalue weighted by molar-refractivity contribution is -0.163. The van der Waals surface area contributed by atoms with Crippen molar-refractivity contribution in [2.45, 2.75) is 43.3 Å². The number of aliphatic hydroxyl groups is 2. The van der Waals surface area contributed by atoms with Gasteiger partial charge in [-0.05, 0) is 53.5 Å². The van der Waals surface area contributed by atoms with E-state index in [-0.39, 0.29) is 0 Å². The standard InChI is InChI=1S/C36H30O6/c1-41-32(37)34(33(38)42-2,22-23-36(40)30-18-9-5-14-26(30)27-15-6-10-19-31(27)36)20-11-21-35(39)28-16-7-3-12-24(28)25-13-4-8-17-29(25)35/h3,5-9,12,14-18,39-40H,4,10,13,19-20H2,1-2H3. The smallest absolute Gasteiger partial charge is 0.336 e. The molecule has 2 unspecified atom stereocenters. The highest BCUT2D eigenvalue weighted by Gasteiger charge is 2.49. The van der Waals surface area contributed by atoms with Crippen molar-refractivity contribution in [1.29, 1.82) is 0 Å². The van der Waals surface area contributed by atoms with Gasteiger partial charge in [-0.1, -0.05) is 96.5 Å². The summed E-state index contributed by atoms with van der Waals surface area (Å²) in [5.74, 6) is 9.62. The van der Waals surface area contributed by atoms with Crippen LogP contribution in [0.3, 0.4) is 0 Å². The number of methoxy groups -OCH3 is 2. The minimum atomic E-state index is -2.16. The summed E-state index contributed by atoms with van der Waals surface area (Å²) in [5.41, 5.74) is 0.868. The number of ether oxygens (including phenoxy) is 2. The van der Waals surface area contributed by atoms with Crippen molar-refractivity contribution in [2.24, 2.45) is 5.41 Å². The van der Waals surface area contributed by atoms with E-state index in [1.54, 1.807) is 6.07 Å². The van der Waals surface area contributed by atoms with Gasteiger partial charge in [0.25, 0.3) is 0 Å². The first-order valence-corrected chi connectivity index (χ1v) is 14.0. The summed E-state index contributed by atoms with van der Waals surface area (Å²) in [6.45, 7) is 0. The Labute approximate surface area is 245 Å². The zero-order chi connectivity index (χ0) is 29.5. The normalized spacial score (nSPS) is 23.0. The molecular weight excluding hydrogens is 528 g/mol. The Morgan fingerprint density at radius 1 is 0.833 bits per heavy atom. The molecule has 6 rings (SSSR count). The molecule has 2 atom stereocenters. The molecule has 4 aliphatic carbocycles. The lowest BCUT2D eigenvalue weighted by atomic mass is 9.81. The summed E-state index contributed by atoms with van der Waals surface area (Å²) < 4.78 is 10.1. The predicted molar refractivity (Wildman–Crippen MR) is 158 cm³/mol. The second kappa shape index (κ2) is 10.3. The molecule has 0 aliphatic heterocycles. The molecule has 0 amide bonds. The number of carbonyl (C=O) groups excluding carboxylic acids is 2. The summed E-state index contributed by atoms with van der Waals surface area (Å²) in [6, 6.07) is 15.0. The van der Waals surface area contributed by atoms with Crippen LogP contribution in [0.2, 0.25) is 0 Å². The van der Waals surface area contributed by atoms with Crippen molar-refractivity contribution < 1.29 is 29.3 Å². The third kappa shape index (κ3) is 3.99. The van der Waals surface area contributed by atoms with Crippen LogP contribution in [0, 0.1) is 29.1 Å². The molecule has 42 heavy (non-hydrogen) atoms. The molecule has 2 aromatic rings. The van der Waals surface area contributed by atoms with E-state index in [2.05, 4.69) is 23.7 Å². The highest BCUT2D eigenvalue weighted by atomic mass is 16.5. The van der Waals surface area contributed by atoms with E-state index in [0.717, 1.165) is 55.8 Å². The number of esters is 2. The van der Waals surface area contributed by atoms with Crippen molar-refractivity contribution in [2.75, 3.05) is 14.2 Å². The van der Waals surface area contributed by atoms with E-state index in [0.29, 0.717) is 28.7 Å². The van der Waals surface area contributed by atoms with Crippen molar-refractivity contribution in [3.8, 4) is 23.7 Å². The number of benzene rings is 2. The first kappa shape index (κ1) is 27.5. The van der Waals surface area contributed by atoms with Crippen LogP contribution in [-0.2, 0) is 30.3 Å². The number of fused-ring (bicyclic) bond motifs is 4. The molecule has 2 N–H and O–H groups in total. The van der Waals surface area contributed by atoms with Crippen LogP contribution in [-0.4, -0.2) is 36.4 Å². The van der Waals surface area contributed by atoms with Gasteiger partial charge in [0.2, 0.25) is 5.41 Å². The second-order valence-corrected chi connectivity index (χ2v) is 10.8. The van der Waals surface area contributed by atoms with Crippen LogP contribution in [0.5, 0.6) is 0 Å². The van der Waals surface area contributed by atoms with E-state index in [9.17, 15) is 19.8 Å². The maximum Gasteiger partial charge on any atom is 0.336 e. The highest BCUT2D eigenvalue weighted by Crippen LogP contribution is 2.50. The lowest BCUT2D eigenvalue weighted by Gasteiger charge is -2.25. The van der Waals surface area contributed by atoms with Gasteiger partial charge in [-0.3, -0.25) is 0 Å². The molecule has 2 aromatic carbocycles. The molecular formula is C36H30O6. The average Bonchev–Trinajstić information content (AvgIpc) is 3.45. The topological polar surface area (TPSA) is 93.1 Å². The summed E-state index contributed by atoms with van der Waals surface area (Å²) in [7, 11) is 2.32. The molecule has 4 aliphatic rings. The van der Waals surface area contributed by atoms with E-state index in [1.807, 2.05) is 66.8 Å². The van der Waals surface area contributed by atoms with Gasteiger partial charge < -0.3 is 19.7 Å². The molecule has 0 saturated carbocycles. The molecule has 0 radical (unpaired) electrons. The zero-order valence-corrected chi connectivity index (χ0v) is 23.5. The molecule has 0 bridgehead atoms. The van der Waals surface area contributed by atoms with E-state index in [4.69, 9.17) is 9.47 Å². The van der Waals surface area contributed by atoms with Crippen molar-refractivity contribution in [3.63, 3.8) is 0 Å². The van der Waals surface area contributed by atoms with Gasteiger partial charge in [-0.15, -0.1) is 0 Å². The Hall–Kier alpha value is -4.62. The summed E-state index contributed by atoms with van der Waals surface area (Å²) in [5, 5.41) is 23.9. The lowest BCUT2D eigenvalue weighted by Crippen LogP contribution is -2.40. The van der Waals surface area contributed by atoms with Gasteiger partial charge in [0, 0.05) is 23.1 Å². The van der Waals surface area contributed by atoms with Crippen LogP contribution in [0.4, 0.5) is 0 Å². The fourth-order valence-corrected chi connectivity index (χ4v) is 6.48. The molecule has 0 fully saturated rings. The third-order valence-electron chi connectivity index (χ3n) is 8.56. The van der Waals surface area contributed by atoms with Gasteiger partial charge in [0.05, 0.1) is 14.2 Å². The maximum absolute atomic E-state index is 13.3. The Morgan fingerprint density at radius 3 is 2.17 bits per heavy atom. The van der Waals surface area contributed by atoms with Crippen molar-refractivity contribution >= 4 is 23.1 Å². The number of rotatable bonds is 3. The minimum absolute atomic E-state index is 0.417. The van der Waals surface area contributed by atoms with Gasteiger partial charge in [-0.25, -0.2) is 9.59 Å². The first-order chi connectivity index (χ1) is 20.3. The monoisotopic (exact) mass is 558 g/mol. The molecule has 0 saturated heterocycles. The molecule has 6 heteroatoms. The summed E-state index contributed by atoms with van der Waals surface area (Å²) in [6.07, 6.45) is 10.4. The number of carbonyl (C=O) groups is 2. The largest absolute Gasteiger partial charge is 0.467 e. The highest BCUT2D eigenvalue weighted by molar-refractivity contribution is 6.04. The summed E-state index contributed by atoms with van der Waals surface area (Å²) in [4.78, 5) is 26.6. The van der Waals surface area contributed by atoms with Crippen LogP contribution >= 0.6 is 0 Å². The predicted octanol–water partition coefficient (Wildman–Crippen LogP) is 4.73. The van der Waals surface area contributed by atoms with E-state index < -0.39 is 35.0 Å². The summed E-state index contributed by atoms with van der Waals surface area (Å²) >= 11 is 0. The minimum Gasteiger partial charge on any atom is -0.467 e. The molecule has 0 spiro atoms. The molecule has 210 valence electrons. The Balaban J connectivity index is 1.46. The Bertz CT molecular complexity index is 1750. The zero-order valence-electron chi connectivity index (χ0n) is 23.5. The van der Waals surface area contributed by atoms with E-state index in [1.165, 1.54) is 0 Å². The van der Waals surface area contributed by atoms with E-state index >= 15 is 0 Å². The van der Waals surface area contributed by atoms with Gasteiger partial charge in [0.15, 0.2) is 11.2 Å². The molecule has 6 nitrogen and oxygen atoms in total. The fraction of sp³-hybridized carbons (Fsp3) is 0.278. The van der Waals surface area contributed by atoms with Gasteiger partial charge in [0.1, 0.15) is 0 Å². The number of allylic oxidation sites excluding steroid dienone is 5. The number of hydrogen-bond donors (Lipinski definition) is 2. The number of hydrogen-bond acceptors (Lipinski definition) is 6. The Kier molecular flexibility index (Phi) is 6.78. The second-order valence-electron chi connectivity index (χ2n) is 10.8. The van der Waals surface area contributed by atoms with Crippen molar-refractivity contribution in [1.82, 2.24) is 0 Å². The quantitative estimate of drug-likeness (QED) is 0.322. The van der Waals surface area contributed by atoms with Crippen LogP contribution in [0.1, 0.15) is 54.4 Å².